The number of aromatic nitrogens is 1. The lowest BCUT2D eigenvalue weighted by atomic mass is 10.3. The third-order valence-electron chi connectivity index (χ3n) is 1.98. The van der Waals surface area contributed by atoms with Gasteiger partial charge in [0.05, 0.1) is 12.2 Å². The summed E-state index contributed by atoms with van der Waals surface area (Å²) in [5.41, 5.74) is 0.0138. The maximum absolute atomic E-state index is 6.20. The van der Waals surface area contributed by atoms with Crippen molar-refractivity contribution in [2.45, 2.75) is 43.7 Å². The Morgan fingerprint density at radius 3 is 1.80 bits per heavy atom. The van der Waals surface area contributed by atoms with Crippen molar-refractivity contribution in [1.29, 1.82) is 0 Å². The summed E-state index contributed by atoms with van der Waals surface area (Å²) in [4.78, 5) is 4.09. The molecule has 0 N–H and O–H groups in total. The number of ether oxygens (including phenoxy) is 2. The second-order valence-electron chi connectivity index (χ2n) is 4.55. The van der Waals surface area contributed by atoms with Crippen LogP contribution >= 0.6 is 58.0 Å². The van der Waals surface area contributed by atoms with E-state index in [0.717, 1.165) is 0 Å². The topological polar surface area (TPSA) is 31.4 Å². The average Bonchev–Trinajstić information content (AvgIpc) is 2.25. The number of hydrogen-bond donors (Lipinski definition) is 0. The molecule has 0 aliphatic heterocycles. The zero-order valence-corrected chi connectivity index (χ0v) is 15.1. The number of pyridine rings is 1. The van der Waals surface area contributed by atoms with E-state index < -0.39 is 3.79 Å². The Morgan fingerprint density at radius 1 is 0.900 bits per heavy atom. The molecule has 0 spiro atoms. The van der Waals surface area contributed by atoms with Crippen LogP contribution in [-0.2, 0) is 3.79 Å². The largest absolute Gasteiger partial charge is 0.488 e. The fourth-order valence-electron chi connectivity index (χ4n) is 1.33. The fourth-order valence-corrected chi connectivity index (χ4v) is 2.48. The summed E-state index contributed by atoms with van der Waals surface area (Å²) in [5, 5.41) is 0.204. The first-order valence-corrected chi connectivity index (χ1v) is 7.72. The second kappa shape index (κ2) is 6.97. The van der Waals surface area contributed by atoms with Gasteiger partial charge in [-0.1, -0.05) is 58.0 Å². The Kier molecular flexibility index (Phi) is 6.36. The van der Waals surface area contributed by atoms with Crippen LogP contribution in [0.15, 0.2) is 0 Å². The minimum Gasteiger partial charge on any atom is -0.488 e. The lowest BCUT2D eigenvalue weighted by Crippen LogP contribution is -2.14. The van der Waals surface area contributed by atoms with Crippen LogP contribution in [0.3, 0.4) is 0 Å². The van der Waals surface area contributed by atoms with Crippen molar-refractivity contribution in [3.05, 3.63) is 15.7 Å². The van der Waals surface area contributed by atoms with Gasteiger partial charge in [0.2, 0.25) is 9.67 Å². The van der Waals surface area contributed by atoms with E-state index in [1.165, 1.54) is 0 Å². The highest BCUT2D eigenvalue weighted by atomic mass is 35.6. The maximum Gasteiger partial charge on any atom is 0.237 e. The van der Waals surface area contributed by atoms with Gasteiger partial charge in [-0.2, -0.15) is 0 Å². The summed E-state index contributed by atoms with van der Waals surface area (Å²) < 4.78 is 9.26. The average molecular weight is 382 g/mol. The van der Waals surface area contributed by atoms with E-state index in [4.69, 9.17) is 67.5 Å². The number of hydrogen-bond acceptors (Lipinski definition) is 3. The van der Waals surface area contributed by atoms with E-state index >= 15 is 0 Å². The van der Waals surface area contributed by atoms with Crippen molar-refractivity contribution in [1.82, 2.24) is 4.98 Å². The van der Waals surface area contributed by atoms with Gasteiger partial charge in [-0.05, 0) is 27.7 Å². The SMILES string of the molecule is CC(C)Oc1nc(C(Cl)(Cl)Cl)c(Cl)c(OC(C)C)c1Cl. The molecule has 1 rings (SSSR count). The summed E-state index contributed by atoms with van der Waals surface area (Å²) in [5.74, 6) is 0.304. The summed E-state index contributed by atoms with van der Waals surface area (Å²) in [6.45, 7) is 7.30. The van der Waals surface area contributed by atoms with Gasteiger partial charge in [0.25, 0.3) is 0 Å². The number of rotatable bonds is 4. The van der Waals surface area contributed by atoms with Crippen molar-refractivity contribution >= 4 is 58.0 Å². The molecule has 0 bridgehead atoms. The maximum atomic E-state index is 6.20. The van der Waals surface area contributed by atoms with E-state index in [9.17, 15) is 0 Å². The highest BCUT2D eigenvalue weighted by molar-refractivity contribution is 6.67. The molecule has 1 aromatic rings. The van der Waals surface area contributed by atoms with E-state index in [0.29, 0.717) is 0 Å². The van der Waals surface area contributed by atoms with Crippen LogP contribution < -0.4 is 9.47 Å². The van der Waals surface area contributed by atoms with Gasteiger partial charge in [0, 0.05) is 0 Å². The van der Waals surface area contributed by atoms with E-state index in [1.807, 2.05) is 27.7 Å². The van der Waals surface area contributed by atoms with E-state index in [-0.39, 0.29) is 39.6 Å². The molecule has 114 valence electrons. The molecular formula is C12H14Cl5NO2. The van der Waals surface area contributed by atoms with Gasteiger partial charge in [0.15, 0.2) is 5.75 Å². The molecule has 1 aromatic heterocycles. The van der Waals surface area contributed by atoms with Gasteiger partial charge in [-0.25, -0.2) is 4.98 Å². The van der Waals surface area contributed by atoms with Crippen LogP contribution in [0.25, 0.3) is 0 Å². The molecule has 3 nitrogen and oxygen atoms in total. The van der Waals surface area contributed by atoms with Crippen LogP contribution in [0.2, 0.25) is 10.0 Å². The number of nitrogens with zero attached hydrogens (tertiary/aromatic N) is 1. The molecule has 0 aromatic carbocycles. The van der Waals surface area contributed by atoms with Gasteiger partial charge in [0.1, 0.15) is 15.7 Å². The normalized spacial score (nSPS) is 12.2. The summed E-state index contributed by atoms with van der Waals surface area (Å²) in [6, 6.07) is 0. The summed E-state index contributed by atoms with van der Waals surface area (Å²) in [7, 11) is 0. The lowest BCUT2D eigenvalue weighted by Gasteiger charge is -2.21. The van der Waals surface area contributed by atoms with Crippen LogP contribution in [0.4, 0.5) is 0 Å². The molecule has 0 saturated heterocycles. The molecular weight excluding hydrogens is 367 g/mol. The van der Waals surface area contributed by atoms with Crippen LogP contribution in [0.1, 0.15) is 33.4 Å². The third-order valence-corrected chi connectivity index (χ3v) is 3.20. The monoisotopic (exact) mass is 379 g/mol. The van der Waals surface area contributed by atoms with Crippen molar-refractivity contribution in [2.75, 3.05) is 0 Å². The summed E-state index contributed by atoms with van der Waals surface area (Å²) in [6.07, 6.45) is -0.321. The van der Waals surface area contributed by atoms with Gasteiger partial charge in [-0.3, -0.25) is 0 Å². The Balaban J connectivity index is 3.48. The van der Waals surface area contributed by atoms with Crippen molar-refractivity contribution in [3.8, 4) is 11.6 Å². The first-order valence-electron chi connectivity index (χ1n) is 5.83. The molecule has 0 radical (unpaired) electrons. The first-order chi connectivity index (χ1) is 9.04. The predicted molar refractivity (Wildman–Crippen MR) is 85.0 cm³/mol. The van der Waals surface area contributed by atoms with E-state index in [1.54, 1.807) is 0 Å². The standard InChI is InChI=1S/C12H14Cl5NO2/c1-5(2)19-9-7(13)10(12(15,16)17)18-11(8(9)14)20-6(3)4/h5-6H,1-4H3. The van der Waals surface area contributed by atoms with Gasteiger partial charge < -0.3 is 9.47 Å². The minimum absolute atomic E-state index is 0.0138. The lowest BCUT2D eigenvalue weighted by molar-refractivity contribution is 0.222. The zero-order valence-electron chi connectivity index (χ0n) is 11.3. The highest BCUT2D eigenvalue weighted by Crippen LogP contribution is 2.48. The number of alkyl halides is 3. The molecule has 0 fully saturated rings. The first kappa shape index (κ1) is 18.2. The van der Waals surface area contributed by atoms with Crippen LogP contribution in [0, 0.1) is 0 Å². The van der Waals surface area contributed by atoms with Crippen LogP contribution in [-0.4, -0.2) is 17.2 Å². The quantitative estimate of drug-likeness (QED) is 0.619. The molecule has 0 aliphatic rings. The molecule has 0 atom stereocenters. The second-order valence-corrected chi connectivity index (χ2v) is 7.59. The molecule has 8 heteroatoms. The van der Waals surface area contributed by atoms with Crippen molar-refractivity contribution < 1.29 is 9.47 Å². The predicted octanol–water partition coefficient (Wildman–Crippen LogP) is 5.79. The van der Waals surface area contributed by atoms with E-state index in [2.05, 4.69) is 4.98 Å². The number of halogens is 5. The molecule has 1 heterocycles. The Bertz CT molecular complexity index is 486. The molecule has 20 heavy (non-hydrogen) atoms. The Labute approximate surface area is 143 Å². The molecule has 0 amide bonds. The fraction of sp³-hybridized carbons (Fsp3) is 0.583. The van der Waals surface area contributed by atoms with Crippen molar-refractivity contribution in [3.63, 3.8) is 0 Å². The highest BCUT2D eigenvalue weighted by Gasteiger charge is 2.33. The van der Waals surface area contributed by atoms with Crippen LogP contribution in [0.5, 0.6) is 11.6 Å². The zero-order chi connectivity index (χ0) is 15.7. The smallest absolute Gasteiger partial charge is 0.237 e. The molecule has 0 aliphatic carbocycles. The minimum atomic E-state index is -1.81. The van der Waals surface area contributed by atoms with Crippen molar-refractivity contribution in [2.24, 2.45) is 0 Å². The van der Waals surface area contributed by atoms with Gasteiger partial charge >= 0.3 is 0 Å². The molecule has 0 unspecified atom stereocenters. The van der Waals surface area contributed by atoms with Gasteiger partial charge in [-0.15, -0.1) is 0 Å². The molecule has 0 saturated carbocycles. The summed E-state index contributed by atoms with van der Waals surface area (Å²) >= 11 is 30.0. The third kappa shape index (κ3) is 4.60. The Hall–Kier alpha value is 0.200. The Morgan fingerprint density at radius 2 is 1.40 bits per heavy atom.